The standard InChI is InChI=1S/C25H31F3O5S.C25H30F2O5S/c1-5-20(31)33-25(21(32)34-12-26)13(2)8-15-16-10-18(27)17-9-14(29)6-7-22(17,3)24(16,28)19(30)11-23(15,25)4;1-5-20(29)32-24(21(30)33-12-26)13(2)8-15-16-10-18(27)17-9-14(28)6-7-22(17,3)25(16)19(31-25)11-23(15,24)4/h6-7,9,13,15-16,18-19,30H,5,8,10-12H2,1-4H3;6-7,9,13,15-16,18-19H,5,8,10-12H2,1-4H3/t13-,15?,16?,18+,19+,22?,23?,24+,25+;13-,15?,16?,18+,19+,22?,23?,24+,25-/m11/s1. The average Bonchev–Trinajstić information content (AvgIpc) is 3.90. The van der Waals surface area contributed by atoms with Crippen LogP contribution in [0.3, 0.4) is 0 Å². The van der Waals surface area contributed by atoms with Crippen LogP contribution in [0.2, 0.25) is 0 Å². The molecule has 1 N–H and O–H groups in total. The lowest BCUT2D eigenvalue weighted by atomic mass is 9.44. The van der Waals surface area contributed by atoms with Gasteiger partial charge in [0.2, 0.25) is 10.2 Å². The molecule has 7 fully saturated rings. The minimum absolute atomic E-state index is 0.0141. The van der Waals surface area contributed by atoms with Crippen molar-refractivity contribution >= 4 is 57.3 Å². The second kappa shape index (κ2) is 16.7. The van der Waals surface area contributed by atoms with Crippen molar-refractivity contribution in [1.82, 2.24) is 0 Å². The van der Waals surface area contributed by atoms with Crippen LogP contribution in [-0.2, 0) is 43.0 Å². The number of thioether (sulfide) groups is 2. The molecule has 1 heterocycles. The van der Waals surface area contributed by atoms with Gasteiger partial charge in [0, 0.05) is 52.3 Å². The van der Waals surface area contributed by atoms with E-state index in [1.807, 2.05) is 20.8 Å². The topological polar surface area (TPSA) is 154 Å². The van der Waals surface area contributed by atoms with Gasteiger partial charge in [-0.05, 0) is 129 Å². The predicted octanol–water partition coefficient (Wildman–Crippen LogP) is 8.93. The van der Waals surface area contributed by atoms with Crippen LogP contribution in [0.25, 0.3) is 0 Å². The zero-order chi connectivity index (χ0) is 49.2. The van der Waals surface area contributed by atoms with E-state index in [4.69, 9.17) is 14.2 Å². The number of ether oxygens (including phenoxy) is 3. The molecule has 8 aliphatic carbocycles. The summed E-state index contributed by atoms with van der Waals surface area (Å²) in [6.07, 6.45) is 4.59. The van der Waals surface area contributed by atoms with Gasteiger partial charge in [0.1, 0.15) is 30.0 Å². The lowest BCUT2D eigenvalue weighted by molar-refractivity contribution is -0.228. The third kappa shape index (κ3) is 6.46. The molecule has 368 valence electrons. The first-order chi connectivity index (χ1) is 31.3. The number of hydrogen-bond acceptors (Lipinski definition) is 12. The molecule has 0 aromatic rings. The molecule has 1 aliphatic heterocycles. The zero-order valence-corrected chi connectivity index (χ0v) is 40.8. The first-order valence-corrected chi connectivity index (χ1v) is 25.5. The van der Waals surface area contributed by atoms with Gasteiger partial charge >= 0.3 is 11.9 Å². The molecule has 0 amide bonds. The van der Waals surface area contributed by atoms with Gasteiger partial charge in [-0.1, -0.05) is 53.7 Å². The third-order valence-corrected chi connectivity index (χ3v) is 20.1. The molecule has 0 bridgehead atoms. The molecule has 1 saturated heterocycles. The maximum absolute atomic E-state index is 17.2. The van der Waals surface area contributed by atoms with Crippen molar-refractivity contribution in [2.24, 2.45) is 57.2 Å². The average molecular weight is 981 g/mol. The minimum atomic E-state index is -2.30. The molecule has 0 aromatic carbocycles. The van der Waals surface area contributed by atoms with Crippen LogP contribution in [0, 0.1) is 57.2 Å². The van der Waals surface area contributed by atoms with E-state index in [9.17, 15) is 42.7 Å². The van der Waals surface area contributed by atoms with Gasteiger partial charge in [-0.15, -0.1) is 0 Å². The summed E-state index contributed by atoms with van der Waals surface area (Å²) in [5.41, 5.74) is -10.1. The highest BCUT2D eigenvalue weighted by Gasteiger charge is 2.84. The molecule has 0 radical (unpaired) electrons. The molecule has 67 heavy (non-hydrogen) atoms. The number of epoxide rings is 1. The Hall–Kier alpha value is -3.15. The Morgan fingerprint density at radius 1 is 0.701 bits per heavy atom. The van der Waals surface area contributed by atoms with Crippen LogP contribution in [-0.4, -0.2) is 97.9 Å². The molecule has 8 unspecified atom stereocenters. The Labute approximate surface area is 396 Å². The lowest BCUT2D eigenvalue weighted by Gasteiger charge is -2.63. The summed E-state index contributed by atoms with van der Waals surface area (Å²) >= 11 is 0.939. The van der Waals surface area contributed by atoms with E-state index < -0.39 is 120 Å². The van der Waals surface area contributed by atoms with Gasteiger partial charge in [0.25, 0.3) is 0 Å². The largest absolute Gasteiger partial charge is 0.449 e. The van der Waals surface area contributed by atoms with Crippen molar-refractivity contribution in [3.8, 4) is 0 Å². The van der Waals surface area contributed by atoms with Crippen LogP contribution in [0.1, 0.15) is 107 Å². The molecule has 10 nitrogen and oxygen atoms in total. The number of halogens is 5. The lowest BCUT2D eigenvalue weighted by Crippen LogP contribution is -2.70. The van der Waals surface area contributed by atoms with Crippen molar-refractivity contribution in [3.63, 3.8) is 0 Å². The highest BCUT2D eigenvalue weighted by Crippen LogP contribution is 2.78. The Morgan fingerprint density at radius 3 is 1.61 bits per heavy atom. The van der Waals surface area contributed by atoms with E-state index in [0.29, 0.717) is 41.9 Å². The number of ketones is 2. The molecule has 17 heteroatoms. The number of carbonyl (C=O) groups is 6. The van der Waals surface area contributed by atoms with Gasteiger partial charge in [-0.2, -0.15) is 0 Å². The number of esters is 2. The first-order valence-electron chi connectivity index (χ1n) is 23.5. The highest BCUT2D eigenvalue weighted by molar-refractivity contribution is 8.14. The minimum Gasteiger partial charge on any atom is -0.449 e. The van der Waals surface area contributed by atoms with Crippen LogP contribution in [0.4, 0.5) is 22.0 Å². The van der Waals surface area contributed by atoms with Crippen LogP contribution in [0.15, 0.2) is 47.6 Å². The first kappa shape index (κ1) is 50.2. The molecule has 0 aromatic heterocycles. The maximum Gasteiger partial charge on any atom is 0.306 e. The van der Waals surface area contributed by atoms with Crippen molar-refractivity contribution < 1.29 is 70.0 Å². The van der Waals surface area contributed by atoms with E-state index in [-0.39, 0.29) is 73.7 Å². The van der Waals surface area contributed by atoms with Crippen molar-refractivity contribution in [1.29, 1.82) is 0 Å². The van der Waals surface area contributed by atoms with Crippen molar-refractivity contribution in [2.45, 2.75) is 154 Å². The molecule has 1 spiro atoms. The zero-order valence-electron chi connectivity index (χ0n) is 39.1. The third-order valence-electron chi connectivity index (χ3n) is 18.7. The molecule has 9 aliphatic rings. The summed E-state index contributed by atoms with van der Waals surface area (Å²) in [6.45, 7) is 13.9. The summed E-state index contributed by atoms with van der Waals surface area (Å²) in [6, 6.07) is -1.92. The van der Waals surface area contributed by atoms with Crippen LogP contribution < -0.4 is 0 Å². The van der Waals surface area contributed by atoms with Crippen LogP contribution >= 0.6 is 23.5 Å². The fourth-order valence-corrected chi connectivity index (χ4v) is 17.3. The van der Waals surface area contributed by atoms with E-state index in [1.54, 1.807) is 33.8 Å². The number of fused-ring (bicyclic) bond motifs is 8. The summed E-state index contributed by atoms with van der Waals surface area (Å²) in [5, 5.41) is 10.2. The fourth-order valence-electron chi connectivity index (χ4n) is 15.7. The predicted molar refractivity (Wildman–Crippen MR) is 239 cm³/mol. The van der Waals surface area contributed by atoms with Gasteiger partial charge in [-0.25, -0.2) is 22.0 Å². The normalized spacial score (nSPS) is 48.3. The Kier molecular flexibility index (Phi) is 12.6. The smallest absolute Gasteiger partial charge is 0.306 e. The Morgan fingerprint density at radius 2 is 1.13 bits per heavy atom. The van der Waals surface area contributed by atoms with E-state index >= 15 is 13.2 Å². The summed E-state index contributed by atoms with van der Waals surface area (Å²) < 4.78 is 93.1. The monoisotopic (exact) mass is 980 g/mol. The number of rotatable bonds is 8. The Balaban J connectivity index is 0.000000182. The molecule has 18 atom stereocenters. The van der Waals surface area contributed by atoms with Crippen molar-refractivity contribution in [3.05, 3.63) is 47.6 Å². The van der Waals surface area contributed by atoms with Gasteiger partial charge in [0.05, 0.1) is 12.2 Å². The van der Waals surface area contributed by atoms with Gasteiger partial charge in [0.15, 0.2) is 28.4 Å². The maximum atomic E-state index is 17.2. The second-order valence-electron chi connectivity index (χ2n) is 21.3. The summed E-state index contributed by atoms with van der Waals surface area (Å²) in [5.74, 6) is -4.72. The Bertz CT molecular complexity index is 2290. The van der Waals surface area contributed by atoms with Crippen LogP contribution in [0.5, 0.6) is 0 Å². The van der Waals surface area contributed by atoms with E-state index in [1.165, 1.54) is 31.2 Å². The number of carbonyl (C=O) groups excluding carboxylic acids is 6. The van der Waals surface area contributed by atoms with Gasteiger partial charge in [-0.3, -0.25) is 28.8 Å². The number of aliphatic hydroxyl groups is 1. The number of hydrogen-bond donors (Lipinski definition) is 1. The molecular formula is C50H61F5O10S2. The molecule has 9 rings (SSSR count). The van der Waals surface area contributed by atoms with E-state index in [0.717, 1.165) is 6.08 Å². The summed E-state index contributed by atoms with van der Waals surface area (Å²) in [4.78, 5) is 75.8. The SMILES string of the molecule is CCC(=O)O[C@]1(C(=O)SCF)[C@H](C)CC2C3C[C@H](F)C4=CC(=O)C=CC4(C)[C@@]3(F)[C@@H](O)CC21C.CCC(=O)O[C@]1(C(=O)SCF)[C@H](C)CC2C3C[C@H](F)C4=CC(=O)C=CC4(C)[C@@]34O[C@H]4CC21C. The quantitative estimate of drug-likeness (QED) is 0.140. The molecule has 6 saturated carbocycles. The fraction of sp³-hybridized carbons (Fsp3) is 0.720. The second-order valence-corrected chi connectivity index (χ2v) is 23.1. The van der Waals surface area contributed by atoms with E-state index in [2.05, 4.69) is 0 Å². The number of alkyl halides is 5. The highest BCUT2D eigenvalue weighted by atomic mass is 32.2. The number of aliphatic hydroxyl groups excluding tert-OH is 1. The molecular weight excluding hydrogens is 920 g/mol. The van der Waals surface area contributed by atoms with Crippen molar-refractivity contribution in [2.75, 3.05) is 12.0 Å². The number of allylic oxidation sites excluding steroid dienone is 6. The van der Waals surface area contributed by atoms with Gasteiger partial charge < -0.3 is 19.3 Å². The summed E-state index contributed by atoms with van der Waals surface area (Å²) in [7, 11) is 0.